The maximum atomic E-state index is 15.2. The maximum absolute atomic E-state index is 15.2. The molecule has 2 bridgehead atoms. The molecule has 6 aliphatic rings. The van der Waals surface area contributed by atoms with Gasteiger partial charge in [-0.1, -0.05) is 92.2 Å². The molecule has 3 aromatic carbocycles. The zero-order valence-corrected chi connectivity index (χ0v) is 31.0. The third-order valence-electron chi connectivity index (χ3n) is 14.9. The summed E-state index contributed by atoms with van der Waals surface area (Å²) in [6.45, 7) is 5.16. The van der Waals surface area contributed by atoms with Crippen LogP contribution < -0.4 is 0 Å². The van der Waals surface area contributed by atoms with Crippen LogP contribution in [0.15, 0.2) is 84.5 Å². The van der Waals surface area contributed by atoms with Crippen LogP contribution in [-0.4, -0.2) is 68.6 Å². The van der Waals surface area contributed by atoms with Gasteiger partial charge in [0.1, 0.15) is 5.82 Å². The van der Waals surface area contributed by atoms with E-state index in [2.05, 4.69) is 61.2 Å². The second-order valence-corrected chi connectivity index (χ2v) is 17.7. The maximum Gasteiger partial charge on any atom is 0.164 e. The number of aliphatic hydroxyl groups excluding tert-OH is 3. The van der Waals surface area contributed by atoms with Crippen molar-refractivity contribution < 1.29 is 29.6 Å². The van der Waals surface area contributed by atoms with Gasteiger partial charge in [0.05, 0.1) is 24.4 Å². The van der Waals surface area contributed by atoms with Crippen LogP contribution in [0.1, 0.15) is 69.9 Å². The molecule has 3 aromatic rings. The van der Waals surface area contributed by atoms with Gasteiger partial charge in [-0.3, -0.25) is 9.69 Å². The van der Waals surface area contributed by atoms with Crippen LogP contribution in [0.2, 0.25) is 5.02 Å². The average molecular weight is 728 g/mol. The molecule has 3 saturated carbocycles. The number of hydrogen-bond acceptors (Lipinski definition) is 6. The minimum absolute atomic E-state index is 0.0737. The predicted molar refractivity (Wildman–Crippen MR) is 201 cm³/mol. The van der Waals surface area contributed by atoms with Crippen molar-refractivity contribution in [1.82, 2.24) is 4.90 Å². The van der Waals surface area contributed by atoms with Crippen molar-refractivity contribution in [3.05, 3.63) is 106 Å². The lowest BCUT2D eigenvalue weighted by Crippen LogP contribution is -2.67. The Morgan fingerprint density at radius 3 is 2.46 bits per heavy atom. The lowest BCUT2D eigenvalue weighted by Gasteiger charge is -2.71. The van der Waals surface area contributed by atoms with Crippen LogP contribution in [0, 0.1) is 39.3 Å². The fourth-order valence-electron chi connectivity index (χ4n) is 12.2. The molecule has 9 atom stereocenters. The molecule has 0 heterocycles. The second kappa shape index (κ2) is 12.9. The fraction of sp³-hybridized carbons (Fsp3) is 0.523. The highest BCUT2D eigenvalue weighted by Gasteiger charge is 2.74. The van der Waals surface area contributed by atoms with Gasteiger partial charge >= 0.3 is 0 Å². The van der Waals surface area contributed by atoms with Gasteiger partial charge in [0.15, 0.2) is 5.78 Å². The van der Waals surface area contributed by atoms with E-state index >= 15 is 4.39 Å². The summed E-state index contributed by atoms with van der Waals surface area (Å²) in [5, 5.41) is 47.2. The molecule has 6 aliphatic carbocycles. The van der Waals surface area contributed by atoms with Crippen LogP contribution in [0.25, 0.3) is 10.8 Å². The molecule has 52 heavy (non-hydrogen) atoms. The first-order valence-corrected chi connectivity index (χ1v) is 19.5. The summed E-state index contributed by atoms with van der Waals surface area (Å²) in [6.07, 6.45) is 10.0. The molecule has 2 spiro atoms. The third kappa shape index (κ3) is 5.25. The molecule has 8 heteroatoms. The monoisotopic (exact) mass is 727 g/mol. The van der Waals surface area contributed by atoms with Crippen molar-refractivity contribution in [2.24, 2.45) is 33.5 Å². The SMILES string of the molecule is C[C@]12CC[C@H]3[C@]4(C=C[C@@]5(C=C4C(=O)Cc4c(F)cccc4Cl)CC(O)CC[C@]35C)[C@@H]1CC[C@@]2(O)CN(Cc1cccc2ccccc12)C[C@H](O)CO. The number of fused-ring (bicyclic) bond motifs is 2. The van der Waals surface area contributed by atoms with Gasteiger partial charge in [-0.15, -0.1) is 0 Å². The number of halogens is 2. The number of benzene rings is 3. The predicted octanol–water partition coefficient (Wildman–Crippen LogP) is 7.19. The summed E-state index contributed by atoms with van der Waals surface area (Å²) in [5.41, 5.74) is -1.11. The van der Waals surface area contributed by atoms with E-state index in [1.807, 2.05) is 18.2 Å². The standard InChI is InChI=1S/C44H51ClFNO5/c1-40-16-13-30(49)22-42(40)19-20-44(34(23-42)37(51)21-33-35(45)11-6-12-36(33)46)38(40)14-17-41(2)39(44)15-18-43(41,52)27-47(25-31(50)26-48)24-29-9-5-8-28-7-3-4-10-32(28)29/h3-12,19-20,23,30-31,38-39,48-50,52H,13-18,21-22,24-27H2,1-2H3/t30?,31-,38+,39+,40+,41-,42-,43+,44+/m0/s1. The molecule has 0 aliphatic heterocycles. The quantitative estimate of drug-likeness (QED) is 0.165. The van der Waals surface area contributed by atoms with E-state index in [9.17, 15) is 25.2 Å². The van der Waals surface area contributed by atoms with Crippen LogP contribution in [0.5, 0.6) is 0 Å². The van der Waals surface area contributed by atoms with Crippen LogP contribution in [0.3, 0.4) is 0 Å². The Hall–Kier alpha value is -2.91. The number of allylic oxidation sites excluding steroid dienone is 4. The Kier molecular flexibility index (Phi) is 8.92. The average Bonchev–Trinajstić information content (AvgIpc) is 3.39. The molecule has 0 aromatic heterocycles. The molecule has 4 N–H and O–H groups in total. The minimum atomic E-state index is -1.15. The highest BCUT2D eigenvalue weighted by Crippen LogP contribution is 2.78. The zero-order valence-electron chi connectivity index (χ0n) is 30.2. The van der Waals surface area contributed by atoms with E-state index in [-0.39, 0.29) is 53.2 Å². The first-order valence-electron chi connectivity index (χ1n) is 19.1. The summed E-state index contributed by atoms with van der Waals surface area (Å²) >= 11 is 6.48. The summed E-state index contributed by atoms with van der Waals surface area (Å²) in [7, 11) is 0. The number of aliphatic hydroxyl groups is 4. The number of carbonyl (C=O) groups is 1. The molecule has 1 unspecified atom stereocenters. The lowest BCUT2D eigenvalue weighted by atomic mass is 9.32. The van der Waals surface area contributed by atoms with Crippen molar-refractivity contribution in [3.8, 4) is 0 Å². The Morgan fingerprint density at radius 2 is 1.67 bits per heavy atom. The molecule has 3 fully saturated rings. The van der Waals surface area contributed by atoms with Crippen molar-refractivity contribution in [3.63, 3.8) is 0 Å². The van der Waals surface area contributed by atoms with Gasteiger partial charge in [0.25, 0.3) is 0 Å². The molecule has 9 rings (SSSR count). The van der Waals surface area contributed by atoms with Crippen molar-refractivity contribution >= 4 is 28.2 Å². The van der Waals surface area contributed by atoms with Gasteiger partial charge in [0.2, 0.25) is 0 Å². The summed E-state index contributed by atoms with van der Waals surface area (Å²) in [5.74, 6) is -0.606. The van der Waals surface area contributed by atoms with Gasteiger partial charge in [-0.05, 0) is 90.7 Å². The van der Waals surface area contributed by atoms with E-state index in [1.165, 1.54) is 6.07 Å². The molecule has 0 amide bonds. The van der Waals surface area contributed by atoms with E-state index in [4.69, 9.17) is 11.6 Å². The highest BCUT2D eigenvalue weighted by molar-refractivity contribution is 6.31. The summed E-state index contributed by atoms with van der Waals surface area (Å²) in [4.78, 5) is 16.8. The molecule has 6 nitrogen and oxygen atoms in total. The normalized spacial score (nSPS) is 36.7. The van der Waals surface area contributed by atoms with Gasteiger partial charge in [-0.2, -0.15) is 0 Å². The summed E-state index contributed by atoms with van der Waals surface area (Å²) in [6, 6.07) is 18.9. The lowest BCUT2D eigenvalue weighted by molar-refractivity contribution is -0.180. The van der Waals surface area contributed by atoms with Crippen molar-refractivity contribution in [1.29, 1.82) is 0 Å². The van der Waals surface area contributed by atoms with Crippen LogP contribution >= 0.6 is 11.6 Å². The fourth-order valence-corrected chi connectivity index (χ4v) is 12.4. The number of Topliss-reactive ketones (excluding diaryl/α,β-unsaturated/α-hetero) is 1. The van der Waals surface area contributed by atoms with Crippen molar-refractivity contribution in [2.45, 2.75) is 89.6 Å². The van der Waals surface area contributed by atoms with Gasteiger partial charge in [0, 0.05) is 58.5 Å². The number of hydrogen-bond donors (Lipinski definition) is 4. The number of ketones is 1. The number of nitrogens with zero attached hydrogens (tertiary/aromatic N) is 1. The highest BCUT2D eigenvalue weighted by atomic mass is 35.5. The Bertz CT molecular complexity index is 1940. The largest absolute Gasteiger partial charge is 0.394 e. The topological polar surface area (TPSA) is 101 Å². The zero-order chi connectivity index (χ0) is 36.7. The van der Waals surface area contributed by atoms with Crippen molar-refractivity contribution in [2.75, 3.05) is 19.7 Å². The van der Waals surface area contributed by atoms with Gasteiger partial charge < -0.3 is 20.4 Å². The molecular weight excluding hydrogens is 677 g/mol. The van der Waals surface area contributed by atoms with Crippen LogP contribution in [-0.2, 0) is 17.8 Å². The number of rotatable bonds is 10. The Labute approximate surface area is 311 Å². The van der Waals surface area contributed by atoms with E-state index in [0.29, 0.717) is 44.3 Å². The first-order chi connectivity index (χ1) is 24.8. The van der Waals surface area contributed by atoms with E-state index in [1.54, 1.807) is 12.1 Å². The minimum Gasteiger partial charge on any atom is -0.394 e. The number of carbonyl (C=O) groups excluding carboxylic acids is 1. The van der Waals surface area contributed by atoms with Crippen LogP contribution in [0.4, 0.5) is 4.39 Å². The molecule has 0 saturated heterocycles. The molecule has 276 valence electrons. The van der Waals surface area contributed by atoms with E-state index in [0.717, 1.165) is 35.6 Å². The third-order valence-corrected chi connectivity index (χ3v) is 15.2. The smallest absolute Gasteiger partial charge is 0.164 e. The second-order valence-electron chi connectivity index (χ2n) is 17.3. The van der Waals surface area contributed by atoms with Gasteiger partial charge in [-0.25, -0.2) is 4.39 Å². The van der Waals surface area contributed by atoms with E-state index < -0.39 is 39.9 Å². The molecular formula is C44H51ClFNO5. The summed E-state index contributed by atoms with van der Waals surface area (Å²) < 4.78 is 15.2. The first kappa shape index (κ1) is 36.1. The molecule has 0 radical (unpaired) electrons. The Morgan fingerprint density at radius 1 is 0.962 bits per heavy atom. The Balaban J connectivity index is 1.19.